The number of halogens is 3. The lowest BCUT2D eigenvalue weighted by molar-refractivity contribution is -0.414. The van der Waals surface area contributed by atoms with Gasteiger partial charge in [-0.2, -0.15) is 12.7 Å². The van der Waals surface area contributed by atoms with Crippen LogP contribution < -0.4 is 0 Å². The van der Waals surface area contributed by atoms with E-state index in [-0.39, 0.29) is 6.54 Å². The molecule has 18 heavy (non-hydrogen) atoms. The van der Waals surface area contributed by atoms with Gasteiger partial charge in [-0.05, 0) is 29.5 Å². The zero-order chi connectivity index (χ0) is 13.8. The molecule has 0 saturated heterocycles. The van der Waals surface area contributed by atoms with Crippen molar-refractivity contribution in [1.82, 2.24) is 4.98 Å². The van der Waals surface area contributed by atoms with Gasteiger partial charge in [0.05, 0.1) is 0 Å². The Morgan fingerprint density at radius 1 is 1.61 bits per heavy atom. The van der Waals surface area contributed by atoms with Gasteiger partial charge in [0.1, 0.15) is 12.2 Å². The van der Waals surface area contributed by atoms with E-state index in [4.69, 9.17) is 16.9 Å². The molecule has 1 aromatic rings. The quantitative estimate of drug-likeness (QED) is 0.369. The first-order valence-electron chi connectivity index (χ1n) is 4.87. The molecule has 1 rings (SSSR count). The normalized spacial score (nSPS) is 13.9. The highest BCUT2D eigenvalue weighted by Crippen LogP contribution is 2.30. The Bertz CT molecular complexity index is 489. The van der Waals surface area contributed by atoms with Gasteiger partial charge in [0.2, 0.25) is 0 Å². The molecule has 98 valence electrons. The zero-order valence-corrected chi connectivity index (χ0v) is 11.0. The molecule has 1 unspecified atom stereocenters. The van der Waals surface area contributed by atoms with Gasteiger partial charge in [0.15, 0.2) is 5.26 Å². The van der Waals surface area contributed by atoms with Gasteiger partial charge in [0, 0.05) is 12.6 Å². The molecule has 0 amide bonds. The van der Waals surface area contributed by atoms with Crippen molar-refractivity contribution in [3.05, 3.63) is 29.6 Å². The summed E-state index contributed by atoms with van der Waals surface area (Å²) in [5.74, 6) is 0. The van der Waals surface area contributed by atoms with Gasteiger partial charge in [-0.1, -0.05) is 6.07 Å². The third-order valence-corrected chi connectivity index (χ3v) is 3.22. The van der Waals surface area contributed by atoms with Gasteiger partial charge in [0.25, 0.3) is 0 Å². The Morgan fingerprint density at radius 2 is 2.28 bits per heavy atom. The van der Waals surface area contributed by atoms with Gasteiger partial charge >= 0.3 is 11.6 Å². The monoisotopic (exact) mass is 293 g/mol. The first-order chi connectivity index (χ1) is 8.34. The van der Waals surface area contributed by atoms with Crippen molar-refractivity contribution in [3.8, 4) is 6.19 Å². The van der Waals surface area contributed by atoms with Gasteiger partial charge < -0.3 is 4.55 Å². The molecule has 8 heteroatoms. The highest BCUT2D eigenvalue weighted by molar-refractivity contribution is 7.78. The lowest BCUT2D eigenvalue weighted by atomic mass is 10.2. The number of rotatable bonds is 4. The van der Waals surface area contributed by atoms with E-state index in [2.05, 4.69) is 4.98 Å². The van der Waals surface area contributed by atoms with Crippen LogP contribution >= 0.6 is 11.6 Å². The number of hydrogen-bond acceptors (Lipinski definition) is 3. The number of pyridine rings is 1. The first-order valence-corrected chi connectivity index (χ1v) is 6.77. The summed E-state index contributed by atoms with van der Waals surface area (Å²) in [6.07, 6.45) is 4.81. The third kappa shape index (κ3) is 4.29. The van der Waals surface area contributed by atoms with Crippen molar-refractivity contribution in [2.24, 2.45) is 0 Å². The molecule has 1 atom stereocenters. The molecule has 0 aromatic carbocycles. The van der Waals surface area contributed by atoms with Crippen LogP contribution in [0.5, 0.6) is 0 Å². The summed E-state index contributed by atoms with van der Waals surface area (Å²) >= 11 is 4.82. The standard InChI is InChI=1S/C10H10ClF2N3OS/c1-18(17)16(7-14)5-4-8-2-3-9(15-6-8)10(11,12)13/h2-3,6H,4-5H2,1H3. The summed E-state index contributed by atoms with van der Waals surface area (Å²) in [6.45, 7) is 0.234. The maximum Gasteiger partial charge on any atom is 0.464 e. The van der Waals surface area contributed by atoms with E-state index in [9.17, 15) is 13.3 Å². The molecule has 0 saturated carbocycles. The summed E-state index contributed by atoms with van der Waals surface area (Å²) in [7, 11) is -1.38. The smallest absolute Gasteiger partial charge is 0.464 e. The van der Waals surface area contributed by atoms with Crippen LogP contribution in [0.2, 0.25) is 0 Å². The zero-order valence-electron chi connectivity index (χ0n) is 9.44. The Morgan fingerprint density at radius 3 is 2.67 bits per heavy atom. The lowest BCUT2D eigenvalue weighted by Gasteiger charge is -2.08. The van der Waals surface area contributed by atoms with Crippen LogP contribution in [-0.4, -0.2) is 26.3 Å². The van der Waals surface area contributed by atoms with Crippen LogP contribution in [0, 0.1) is 11.5 Å². The number of alkyl halides is 3. The molecule has 0 fully saturated rings. The van der Waals surface area contributed by atoms with Gasteiger partial charge in [-0.3, -0.25) is 4.98 Å². The molecule has 1 heterocycles. The van der Waals surface area contributed by atoms with Crippen molar-refractivity contribution < 1.29 is 17.3 Å². The topological polar surface area (TPSA) is 62.8 Å². The highest BCUT2D eigenvalue weighted by Gasteiger charge is 2.29. The molecule has 0 N–H and O–H groups in total. The largest absolute Gasteiger partial charge is 0.772 e. The van der Waals surface area contributed by atoms with E-state index >= 15 is 0 Å². The first kappa shape index (κ1) is 15.0. The van der Waals surface area contributed by atoms with Crippen LogP contribution in [0.15, 0.2) is 18.3 Å². The summed E-state index contributed by atoms with van der Waals surface area (Å²) in [4.78, 5) is 3.54. The third-order valence-electron chi connectivity index (χ3n) is 2.14. The maximum absolute atomic E-state index is 12.7. The molecule has 0 bridgehead atoms. The Balaban J connectivity index is 2.72. The predicted octanol–water partition coefficient (Wildman–Crippen LogP) is 1.97. The molecular weight excluding hydrogens is 284 g/mol. The SMILES string of the molecule is CS([O-])=[N+](C#N)CCc1ccc(C(F)(F)Cl)nc1. The van der Waals surface area contributed by atoms with Crippen LogP contribution in [0.1, 0.15) is 11.3 Å². The van der Waals surface area contributed by atoms with E-state index in [1.54, 1.807) is 6.19 Å². The fourth-order valence-electron chi connectivity index (χ4n) is 1.21. The summed E-state index contributed by atoms with van der Waals surface area (Å²) in [6, 6.07) is 2.58. The van der Waals surface area contributed by atoms with E-state index in [1.165, 1.54) is 18.5 Å². The fourth-order valence-corrected chi connectivity index (χ4v) is 1.78. The number of aromatic nitrogens is 1. The lowest BCUT2D eigenvalue weighted by Crippen LogP contribution is -2.14. The van der Waals surface area contributed by atoms with Crippen molar-refractivity contribution in [3.63, 3.8) is 0 Å². The molecule has 4 nitrogen and oxygen atoms in total. The number of nitriles is 1. The second-order valence-corrected chi connectivity index (χ2v) is 5.19. The average Bonchev–Trinajstić information content (AvgIpc) is 2.29. The minimum atomic E-state index is -3.48. The molecule has 0 radical (unpaired) electrons. The van der Waals surface area contributed by atoms with Crippen molar-refractivity contribution >= 4 is 22.6 Å². The van der Waals surface area contributed by atoms with E-state index in [0.717, 1.165) is 10.0 Å². The van der Waals surface area contributed by atoms with Crippen LogP contribution in [0.4, 0.5) is 8.78 Å². The minimum absolute atomic E-state index is 0.234. The Hall–Kier alpha value is -1.10. The minimum Gasteiger partial charge on any atom is -0.772 e. The van der Waals surface area contributed by atoms with Gasteiger partial charge in [-0.15, -0.1) is 11.0 Å². The van der Waals surface area contributed by atoms with E-state index in [1.807, 2.05) is 0 Å². The van der Waals surface area contributed by atoms with Gasteiger partial charge in [-0.25, -0.2) is 0 Å². The van der Waals surface area contributed by atoms with Crippen molar-refractivity contribution in [2.45, 2.75) is 11.8 Å². The molecule has 1 aromatic heterocycles. The second-order valence-electron chi connectivity index (χ2n) is 3.43. The van der Waals surface area contributed by atoms with Crippen molar-refractivity contribution in [2.75, 3.05) is 12.8 Å². The van der Waals surface area contributed by atoms with Crippen LogP contribution in [0.3, 0.4) is 0 Å². The summed E-state index contributed by atoms with van der Waals surface area (Å²) in [5, 5.41) is 5.19. The summed E-state index contributed by atoms with van der Waals surface area (Å²) < 4.78 is 37.5. The second kappa shape index (κ2) is 6.18. The highest BCUT2D eigenvalue weighted by atomic mass is 35.5. The molecule has 0 spiro atoms. The molecule has 0 aliphatic heterocycles. The molecule has 0 aliphatic rings. The fraction of sp³-hybridized carbons (Fsp3) is 0.400. The molecule has 0 aliphatic carbocycles. The van der Waals surface area contributed by atoms with Crippen molar-refractivity contribution in [1.29, 1.82) is 5.26 Å². The number of hydrogen-bond donors (Lipinski definition) is 0. The van der Waals surface area contributed by atoms with E-state index < -0.39 is 22.0 Å². The Kier molecular flexibility index (Phi) is 5.14. The predicted molar refractivity (Wildman–Crippen MR) is 62.5 cm³/mol. The van der Waals surface area contributed by atoms with Crippen LogP contribution in [-0.2, 0) is 22.8 Å². The maximum atomic E-state index is 12.7. The average molecular weight is 294 g/mol. The number of nitrogens with zero attached hydrogens (tertiary/aromatic N) is 3. The van der Waals surface area contributed by atoms with E-state index in [0.29, 0.717) is 12.0 Å². The molecular formula is C10H10ClF2N3OS. The van der Waals surface area contributed by atoms with Crippen LogP contribution in [0.25, 0.3) is 0 Å². The summed E-state index contributed by atoms with van der Waals surface area (Å²) in [5.41, 5.74) is 0.134. The Labute approximate surface area is 111 Å².